The van der Waals surface area contributed by atoms with Crippen LogP contribution in [0, 0.1) is 12.8 Å². The third-order valence-electron chi connectivity index (χ3n) is 4.86. The predicted molar refractivity (Wildman–Crippen MR) is 104 cm³/mol. The van der Waals surface area contributed by atoms with Crippen LogP contribution in [0.25, 0.3) is 11.5 Å². The number of nitrogens with one attached hydrogen (secondary N) is 1. The Balaban J connectivity index is 1.41. The lowest BCUT2D eigenvalue weighted by Crippen LogP contribution is -2.41. The van der Waals surface area contributed by atoms with E-state index in [1.54, 1.807) is 6.26 Å². The summed E-state index contributed by atoms with van der Waals surface area (Å²) in [5.74, 6) is 1.48. The van der Waals surface area contributed by atoms with E-state index in [0.717, 1.165) is 30.9 Å². The fourth-order valence-electron chi connectivity index (χ4n) is 3.33. The van der Waals surface area contributed by atoms with Gasteiger partial charge in [-0.1, -0.05) is 17.7 Å². The van der Waals surface area contributed by atoms with E-state index in [-0.39, 0.29) is 11.8 Å². The summed E-state index contributed by atoms with van der Waals surface area (Å²) in [7, 11) is 0. The molecular weight excluding hydrogens is 340 g/mol. The normalized spacial score (nSPS) is 16.9. The van der Waals surface area contributed by atoms with Crippen molar-refractivity contribution in [2.45, 2.75) is 19.8 Å². The molecule has 1 fully saturated rings. The van der Waals surface area contributed by atoms with Gasteiger partial charge in [0.25, 0.3) is 0 Å². The van der Waals surface area contributed by atoms with Crippen LogP contribution in [0.3, 0.4) is 0 Å². The van der Waals surface area contributed by atoms with Gasteiger partial charge in [0, 0.05) is 18.8 Å². The molecule has 1 aliphatic heterocycles. The van der Waals surface area contributed by atoms with Gasteiger partial charge in [-0.25, -0.2) is 0 Å². The van der Waals surface area contributed by atoms with Gasteiger partial charge in [-0.05, 0) is 56.2 Å². The Kier molecular flexibility index (Phi) is 4.87. The number of rotatable bonds is 4. The van der Waals surface area contributed by atoms with E-state index in [1.807, 2.05) is 55.5 Å². The Morgan fingerprint density at radius 1 is 1.15 bits per heavy atom. The number of piperidine rings is 1. The summed E-state index contributed by atoms with van der Waals surface area (Å²) in [5.41, 5.74) is 2.72. The second kappa shape index (κ2) is 7.61. The van der Waals surface area contributed by atoms with Crippen LogP contribution in [0.15, 0.2) is 59.2 Å². The SMILES string of the molecule is Cc1ccc(NC(=O)C2CCCN(c3ccc(-c4ccco4)nn3)C2)cc1. The number of aryl methyl sites for hydroxylation is 1. The second-order valence-electron chi connectivity index (χ2n) is 6.89. The highest BCUT2D eigenvalue weighted by Gasteiger charge is 2.27. The van der Waals surface area contributed by atoms with Gasteiger partial charge in [-0.15, -0.1) is 10.2 Å². The summed E-state index contributed by atoms with van der Waals surface area (Å²) in [5, 5.41) is 11.6. The molecule has 1 aliphatic rings. The molecule has 4 rings (SSSR count). The number of hydrogen-bond acceptors (Lipinski definition) is 5. The van der Waals surface area contributed by atoms with Crippen LogP contribution in [0.1, 0.15) is 18.4 Å². The van der Waals surface area contributed by atoms with Crippen molar-refractivity contribution in [1.82, 2.24) is 10.2 Å². The molecular formula is C21H22N4O2. The number of aromatic nitrogens is 2. The Labute approximate surface area is 158 Å². The van der Waals surface area contributed by atoms with Gasteiger partial charge < -0.3 is 14.6 Å². The maximum atomic E-state index is 12.7. The van der Waals surface area contributed by atoms with E-state index in [9.17, 15) is 4.79 Å². The van der Waals surface area contributed by atoms with Gasteiger partial charge in [0.15, 0.2) is 11.6 Å². The third-order valence-corrected chi connectivity index (χ3v) is 4.86. The zero-order chi connectivity index (χ0) is 18.6. The molecule has 0 aliphatic carbocycles. The number of furan rings is 1. The van der Waals surface area contributed by atoms with Gasteiger partial charge >= 0.3 is 0 Å². The molecule has 0 spiro atoms. The van der Waals surface area contributed by atoms with Crippen LogP contribution >= 0.6 is 0 Å². The Hall–Kier alpha value is -3.15. The second-order valence-corrected chi connectivity index (χ2v) is 6.89. The van der Waals surface area contributed by atoms with Crippen molar-refractivity contribution in [3.05, 3.63) is 60.4 Å². The number of carbonyl (C=O) groups excluding carboxylic acids is 1. The topological polar surface area (TPSA) is 71.3 Å². The van der Waals surface area contributed by atoms with Gasteiger partial charge in [-0.3, -0.25) is 4.79 Å². The Morgan fingerprint density at radius 2 is 2.00 bits per heavy atom. The fraction of sp³-hybridized carbons (Fsp3) is 0.286. The largest absolute Gasteiger partial charge is 0.463 e. The van der Waals surface area contributed by atoms with E-state index in [4.69, 9.17) is 4.42 Å². The highest BCUT2D eigenvalue weighted by molar-refractivity contribution is 5.93. The van der Waals surface area contributed by atoms with E-state index in [1.165, 1.54) is 5.56 Å². The first-order valence-electron chi connectivity index (χ1n) is 9.19. The van der Waals surface area contributed by atoms with Crippen LogP contribution < -0.4 is 10.2 Å². The van der Waals surface area contributed by atoms with Crippen molar-refractivity contribution in [1.29, 1.82) is 0 Å². The van der Waals surface area contributed by atoms with Gasteiger partial charge in [0.2, 0.25) is 5.91 Å². The molecule has 0 radical (unpaired) electrons. The first-order chi connectivity index (χ1) is 13.2. The number of benzene rings is 1. The minimum atomic E-state index is -0.0633. The predicted octanol–water partition coefficient (Wildman–Crippen LogP) is 3.90. The smallest absolute Gasteiger partial charge is 0.229 e. The molecule has 0 bridgehead atoms. The summed E-state index contributed by atoms with van der Waals surface area (Å²) in [6.45, 7) is 3.55. The third kappa shape index (κ3) is 4.00. The highest BCUT2D eigenvalue weighted by Crippen LogP contribution is 2.24. The van der Waals surface area contributed by atoms with Crippen LogP contribution in [0.4, 0.5) is 11.5 Å². The quantitative estimate of drug-likeness (QED) is 0.762. The van der Waals surface area contributed by atoms with Crippen molar-refractivity contribution < 1.29 is 9.21 Å². The van der Waals surface area contributed by atoms with E-state index in [0.29, 0.717) is 18.0 Å². The lowest BCUT2D eigenvalue weighted by Gasteiger charge is -2.32. The molecule has 1 atom stereocenters. The lowest BCUT2D eigenvalue weighted by molar-refractivity contribution is -0.120. The molecule has 1 amide bonds. The molecule has 1 unspecified atom stereocenters. The summed E-state index contributed by atoms with van der Waals surface area (Å²) in [6, 6.07) is 15.4. The maximum Gasteiger partial charge on any atom is 0.229 e. The van der Waals surface area contributed by atoms with Gasteiger partial charge in [-0.2, -0.15) is 0 Å². The van der Waals surface area contributed by atoms with Crippen LogP contribution in [-0.4, -0.2) is 29.2 Å². The molecule has 27 heavy (non-hydrogen) atoms. The van der Waals surface area contributed by atoms with Crippen molar-refractivity contribution in [3.63, 3.8) is 0 Å². The van der Waals surface area contributed by atoms with Crippen molar-refractivity contribution in [2.75, 3.05) is 23.3 Å². The zero-order valence-electron chi connectivity index (χ0n) is 15.3. The minimum Gasteiger partial charge on any atom is -0.463 e. The molecule has 1 N–H and O–H groups in total. The van der Waals surface area contributed by atoms with Crippen LogP contribution in [0.5, 0.6) is 0 Å². The lowest BCUT2D eigenvalue weighted by atomic mass is 9.97. The molecule has 3 heterocycles. The minimum absolute atomic E-state index is 0.0590. The molecule has 2 aromatic heterocycles. The van der Waals surface area contributed by atoms with Crippen LogP contribution in [-0.2, 0) is 4.79 Å². The number of amides is 1. The van der Waals surface area contributed by atoms with Crippen molar-refractivity contribution >= 4 is 17.4 Å². The Morgan fingerprint density at radius 3 is 2.70 bits per heavy atom. The van der Waals surface area contributed by atoms with Crippen LogP contribution in [0.2, 0.25) is 0 Å². The van der Waals surface area contributed by atoms with Gasteiger partial charge in [0.1, 0.15) is 5.69 Å². The summed E-state index contributed by atoms with van der Waals surface area (Å²) >= 11 is 0. The molecule has 0 saturated carbocycles. The van der Waals surface area contributed by atoms with E-state index >= 15 is 0 Å². The first kappa shape index (κ1) is 17.3. The molecule has 138 valence electrons. The average molecular weight is 362 g/mol. The number of nitrogens with zero attached hydrogens (tertiary/aromatic N) is 3. The zero-order valence-corrected chi connectivity index (χ0v) is 15.3. The number of anilines is 2. The fourth-order valence-corrected chi connectivity index (χ4v) is 3.33. The van der Waals surface area contributed by atoms with Crippen molar-refractivity contribution in [2.24, 2.45) is 5.92 Å². The summed E-state index contributed by atoms with van der Waals surface area (Å²) in [4.78, 5) is 14.8. The number of hydrogen-bond donors (Lipinski definition) is 1. The monoisotopic (exact) mass is 362 g/mol. The Bertz CT molecular complexity index is 889. The number of carbonyl (C=O) groups is 1. The molecule has 3 aromatic rings. The maximum absolute atomic E-state index is 12.7. The molecule has 1 saturated heterocycles. The molecule has 1 aromatic carbocycles. The van der Waals surface area contributed by atoms with E-state index < -0.39 is 0 Å². The standard InChI is InChI=1S/C21H22N4O2/c1-15-6-8-17(9-7-15)22-21(26)16-4-2-12-25(14-16)20-11-10-18(23-24-20)19-5-3-13-27-19/h3,5-11,13,16H,2,4,12,14H2,1H3,(H,22,26). The summed E-state index contributed by atoms with van der Waals surface area (Å²) < 4.78 is 5.35. The average Bonchev–Trinajstić information content (AvgIpc) is 3.25. The first-order valence-corrected chi connectivity index (χ1v) is 9.19. The van der Waals surface area contributed by atoms with Gasteiger partial charge in [0.05, 0.1) is 12.2 Å². The summed E-state index contributed by atoms with van der Waals surface area (Å²) in [6.07, 6.45) is 3.45. The van der Waals surface area contributed by atoms with E-state index in [2.05, 4.69) is 20.4 Å². The highest BCUT2D eigenvalue weighted by atomic mass is 16.3. The molecule has 6 heteroatoms. The molecule has 6 nitrogen and oxygen atoms in total. The van der Waals surface area contributed by atoms with Crippen molar-refractivity contribution in [3.8, 4) is 11.5 Å².